The molecule has 0 aliphatic heterocycles. The van der Waals surface area contributed by atoms with Crippen LogP contribution < -0.4 is 5.56 Å². The van der Waals surface area contributed by atoms with E-state index in [1.165, 1.54) is 0 Å². The lowest BCUT2D eigenvalue weighted by atomic mass is 10.2. The standard InChI is InChI=1S/C15H12N2O/c18-15-7-6-13-10-16-9-8-14(13)17(15)11-12-4-2-1-3-5-12/h1-10H,11H2. The predicted molar refractivity (Wildman–Crippen MR) is 71.5 cm³/mol. The molecule has 88 valence electrons. The highest BCUT2D eigenvalue weighted by molar-refractivity contribution is 5.77. The molecule has 0 amide bonds. The predicted octanol–water partition coefficient (Wildman–Crippen LogP) is 2.44. The average molecular weight is 236 g/mol. The number of benzene rings is 1. The van der Waals surface area contributed by atoms with E-state index in [9.17, 15) is 4.79 Å². The first-order valence-corrected chi connectivity index (χ1v) is 5.82. The largest absolute Gasteiger partial charge is 0.304 e. The van der Waals surface area contributed by atoms with Gasteiger partial charge in [0, 0.05) is 23.8 Å². The van der Waals surface area contributed by atoms with Crippen LogP contribution in [0.25, 0.3) is 10.9 Å². The molecule has 0 fully saturated rings. The van der Waals surface area contributed by atoms with E-state index in [-0.39, 0.29) is 5.56 Å². The topological polar surface area (TPSA) is 34.9 Å². The molecule has 3 nitrogen and oxygen atoms in total. The molecule has 2 heterocycles. The lowest BCUT2D eigenvalue weighted by molar-refractivity contribution is 0.794. The normalized spacial score (nSPS) is 10.7. The van der Waals surface area contributed by atoms with Crippen molar-refractivity contribution in [2.24, 2.45) is 0 Å². The van der Waals surface area contributed by atoms with Crippen molar-refractivity contribution in [2.45, 2.75) is 6.54 Å². The van der Waals surface area contributed by atoms with E-state index in [0.29, 0.717) is 6.54 Å². The average Bonchev–Trinajstić information content (AvgIpc) is 2.43. The highest BCUT2D eigenvalue weighted by Gasteiger charge is 2.03. The number of rotatable bonds is 2. The van der Waals surface area contributed by atoms with Crippen LogP contribution in [0, 0.1) is 0 Å². The fourth-order valence-electron chi connectivity index (χ4n) is 2.07. The zero-order valence-electron chi connectivity index (χ0n) is 9.78. The molecule has 18 heavy (non-hydrogen) atoms. The highest BCUT2D eigenvalue weighted by Crippen LogP contribution is 2.11. The van der Waals surface area contributed by atoms with Gasteiger partial charge in [-0.25, -0.2) is 0 Å². The minimum absolute atomic E-state index is 0.0116. The Kier molecular flexibility index (Phi) is 2.65. The van der Waals surface area contributed by atoms with Crippen molar-refractivity contribution in [1.82, 2.24) is 9.55 Å². The van der Waals surface area contributed by atoms with Crippen molar-refractivity contribution < 1.29 is 0 Å². The zero-order chi connectivity index (χ0) is 12.4. The Balaban J connectivity index is 2.16. The Morgan fingerprint density at radius 3 is 2.67 bits per heavy atom. The Bertz CT molecular complexity index is 732. The summed E-state index contributed by atoms with van der Waals surface area (Å²) in [5.41, 5.74) is 2.04. The van der Waals surface area contributed by atoms with Gasteiger partial charge < -0.3 is 4.57 Å². The summed E-state index contributed by atoms with van der Waals surface area (Å²) in [5, 5.41) is 0.980. The lowest BCUT2D eigenvalue weighted by Crippen LogP contribution is -2.19. The summed E-state index contributed by atoms with van der Waals surface area (Å²) in [5.74, 6) is 0. The molecule has 0 bridgehead atoms. The van der Waals surface area contributed by atoms with Gasteiger partial charge in [0.15, 0.2) is 0 Å². The molecule has 1 aromatic carbocycles. The maximum absolute atomic E-state index is 12.0. The molecule has 0 aliphatic carbocycles. The second-order valence-corrected chi connectivity index (χ2v) is 4.18. The maximum Gasteiger partial charge on any atom is 0.251 e. The molecule has 3 rings (SSSR count). The van der Waals surface area contributed by atoms with Crippen LogP contribution in [-0.4, -0.2) is 9.55 Å². The second-order valence-electron chi connectivity index (χ2n) is 4.18. The van der Waals surface area contributed by atoms with Gasteiger partial charge in [0.2, 0.25) is 0 Å². The van der Waals surface area contributed by atoms with Gasteiger partial charge in [-0.3, -0.25) is 9.78 Å². The lowest BCUT2D eigenvalue weighted by Gasteiger charge is -2.09. The minimum Gasteiger partial charge on any atom is -0.304 e. The smallest absolute Gasteiger partial charge is 0.251 e. The van der Waals surface area contributed by atoms with Crippen molar-refractivity contribution >= 4 is 10.9 Å². The van der Waals surface area contributed by atoms with E-state index in [0.717, 1.165) is 16.5 Å². The van der Waals surface area contributed by atoms with Crippen LogP contribution >= 0.6 is 0 Å². The Morgan fingerprint density at radius 2 is 1.83 bits per heavy atom. The van der Waals surface area contributed by atoms with E-state index in [4.69, 9.17) is 0 Å². The third-order valence-electron chi connectivity index (χ3n) is 2.97. The molecular formula is C15H12N2O. The van der Waals surface area contributed by atoms with Gasteiger partial charge in [-0.05, 0) is 17.7 Å². The van der Waals surface area contributed by atoms with Crippen molar-refractivity contribution in [1.29, 1.82) is 0 Å². The summed E-state index contributed by atoms with van der Waals surface area (Å²) in [6, 6.07) is 15.2. The van der Waals surface area contributed by atoms with Crippen molar-refractivity contribution in [3.8, 4) is 0 Å². The molecule has 3 heteroatoms. The molecule has 0 saturated heterocycles. The number of fused-ring (bicyclic) bond motifs is 1. The molecular weight excluding hydrogens is 224 g/mol. The van der Waals surface area contributed by atoms with Gasteiger partial charge in [-0.1, -0.05) is 30.3 Å². The second kappa shape index (κ2) is 4.45. The first-order valence-electron chi connectivity index (χ1n) is 5.82. The molecule has 0 spiro atoms. The number of nitrogens with zero attached hydrogens (tertiary/aromatic N) is 2. The van der Waals surface area contributed by atoms with E-state index in [1.54, 1.807) is 23.0 Å². The van der Waals surface area contributed by atoms with Gasteiger partial charge in [-0.15, -0.1) is 0 Å². The third-order valence-corrected chi connectivity index (χ3v) is 2.97. The highest BCUT2D eigenvalue weighted by atomic mass is 16.1. The molecule has 0 radical (unpaired) electrons. The fourth-order valence-corrected chi connectivity index (χ4v) is 2.07. The molecule has 3 aromatic rings. The van der Waals surface area contributed by atoms with Crippen LogP contribution in [0.3, 0.4) is 0 Å². The van der Waals surface area contributed by atoms with Crippen molar-refractivity contribution in [3.63, 3.8) is 0 Å². The fraction of sp³-hybridized carbons (Fsp3) is 0.0667. The SMILES string of the molecule is O=c1ccc2cnccc2n1Cc1ccccc1. The Labute approximate surface area is 104 Å². The molecule has 0 unspecified atom stereocenters. The Hall–Kier alpha value is -2.42. The van der Waals surface area contributed by atoms with Gasteiger partial charge in [0.05, 0.1) is 12.1 Å². The number of aromatic nitrogens is 2. The minimum atomic E-state index is 0.0116. The Morgan fingerprint density at radius 1 is 1.00 bits per heavy atom. The van der Waals surface area contributed by atoms with Crippen LogP contribution in [0.2, 0.25) is 0 Å². The zero-order valence-corrected chi connectivity index (χ0v) is 9.78. The first kappa shape index (κ1) is 10.7. The van der Waals surface area contributed by atoms with Crippen molar-refractivity contribution in [3.05, 3.63) is 76.8 Å². The van der Waals surface area contributed by atoms with E-state index < -0.39 is 0 Å². The number of hydrogen-bond donors (Lipinski definition) is 0. The van der Waals surface area contributed by atoms with E-state index in [2.05, 4.69) is 4.98 Å². The van der Waals surface area contributed by atoms with Crippen LogP contribution in [0.15, 0.2) is 65.7 Å². The summed E-state index contributed by atoms with van der Waals surface area (Å²) in [7, 11) is 0. The third kappa shape index (κ3) is 1.91. The first-order chi connectivity index (χ1) is 8.84. The summed E-state index contributed by atoms with van der Waals surface area (Å²) < 4.78 is 1.77. The van der Waals surface area contributed by atoms with Gasteiger partial charge >= 0.3 is 0 Å². The van der Waals surface area contributed by atoms with Gasteiger partial charge in [0.25, 0.3) is 5.56 Å². The summed E-state index contributed by atoms with van der Waals surface area (Å²) in [6.45, 7) is 0.584. The molecule has 0 N–H and O–H groups in total. The van der Waals surface area contributed by atoms with E-state index in [1.807, 2.05) is 42.5 Å². The summed E-state index contributed by atoms with van der Waals surface area (Å²) in [6.07, 6.45) is 3.49. The van der Waals surface area contributed by atoms with Crippen LogP contribution in [0.4, 0.5) is 0 Å². The van der Waals surface area contributed by atoms with Crippen molar-refractivity contribution in [2.75, 3.05) is 0 Å². The maximum atomic E-state index is 12.0. The number of hydrogen-bond acceptors (Lipinski definition) is 2. The molecule has 0 saturated carbocycles. The molecule has 0 atom stereocenters. The van der Waals surface area contributed by atoms with Crippen LogP contribution in [0.1, 0.15) is 5.56 Å². The molecule has 2 aromatic heterocycles. The summed E-state index contributed by atoms with van der Waals surface area (Å²) >= 11 is 0. The number of pyridine rings is 2. The quantitative estimate of drug-likeness (QED) is 0.685. The van der Waals surface area contributed by atoms with Gasteiger partial charge in [-0.2, -0.15) is 0 Å². The van der Waals surface area contributed by atoms with Crippen LogP contribution in [-0.2, 0) is 6.54 Å². The molecule has 0 aliphatic rings. The van der Waals surface area contributed by atoms with Crippen LogP contribution in [0.5, 0.6) is 0 Å². The summed E-state index contributed by atoms with van der Waals surface area (Å²) in [4.78, 5) is 16.1. The van der Waals surface area contributed by atoms with E-state index >= 15 is 0 Å². The monoisotopic (exact) mass is 236 g/mol. The van der Waals surface area contributed by atoms with Gasteiger partial charge in [0.1, 0.15) is 0 Å².